The minimum Gasteiger partial charge on any atom is -0.505 e. The SMILES string of the molecule is CC(C)(C)c1cc(OCc2ccccc2)cc(-n2nc3ccc(Cl)cc3n2)c1O.CC(C)(C)c1cc(OCc2ccccc2)cc(-n2nc3ccc(S(=O)(=O)c4ccccc4)cc3n2)c1O. The Labute approximate surface area is 388 Å². The molecule has 0 bridgehead atoms. The van der Waals surface area contributed by atoms with Crippen molar-refractivity contribution >= 4 is 43.5 Å². The van der Waals surface area contributed by atoms with Gasteiger partial charge in [0.15, 0.2) is 0 Å². The molecule has 2 heterocycles. The summed E-state index contributed by atoms with van der Waals surface area (Å²) in [6.45, 7) is 12.9. The average molecular weight is 922 g/mol. The first-order valence-corrected chi connectivity index (χ1v) is 23.1. The van der Waals surface area contributed by atoms with Gasteiger partial charge in [0.2, 0.25) is 9.84 Å². The number of rotatable bonds is 10. The number of halogens is 1. The van der Waals surface area contributed by atoms with Crippen LogP contribution in [0.3, 0.4) is 0 Å². The maximum atomic E-state index is 13.1. The van der Waals surface area contributed by atoms with Crippen LogP contribution in [0, 0.1) is 0 Å². The molecule has 9 aromatic rings. The van der Waals surface area contributed by atoms with Crippen LogP contribution >= 0.6 is 11.6 Å². The Morgan fingerprint density at radius 3 is 1.36 bits per heavy atom. The van der Waals surface area contributed by atoms with E-state index in [1.54, 1.807) is 66.7 Å². The van der Waals surface area contributed by atoms with Gasteiger partial charge < -0.3 is 19.7 Å². The number of ether oxygens (including phenoxy) is 2. The van der Waals surface area contributed by atoms with Gasteiger partial charge in [0.1, 0.15) is 69.7 Å². The molecule has 9 rings (SSSR count). The summed E-state index contributed by atoms with van der Waals surface area (Å²) in [7, 11) is -3.71. The fourth-order valence-corrected chi connectivity index (χ4v) is 8.65. The van der Waals surface area contributed by atoms with E-state index in [0.717, 1.165) is 16.7 Å². The molecule has 0 unspecified atom stereocenters. The lowest BCUT2D eigenvalue weighted by Gasteiger charge is -2.23. The molecule has 0 atom stereocenters. The van der Waals surface area contributed by atoms with Crippen molar-refractivity contribution < 1.29 is 28.1 Å². The zero-order valence-corrected chi connectivity index (χ0v) is 38.9. The normalized spacial score (nSPS) is 11.9. The van der Waals surface area contributed by atoms with Gasteiger partial charge in [-0.1, -0.05) is 132 Å². The molecule has 0 saturated heterocycles. The van der Waals surface area contributed by atoms with Crippen LogP contribution < -0.4 is 9.47 Å². The summed E-state index contributed by atoms with van der Waals surface area (Å²) in [5, 5.41) is 40.8. The summed E-state index contributed by atoms with van der Waals surface area (Å²) in [6.07, 6.45) is 0. The van der Waals surface area contributed by atoms with Crippen molar-refractivity contribution in [2.24, 2.45) is 0 Å². The maximum absolute atomic E-state index is 13.1. The van der Waals surface area contributed by atoms with E-state index in [2.05, 4.69) is 20.4 Å². The highest BCUT2D eigenvalue weighted by atomic mass is 35.5. The fourth-order valence-electron chi connectivity index (χ4n) is 7.18. The molecular weight excluding hydrogens is 872 g/mol. The quantitative estimate of drug-likeness (QED) is 0.135. The molecule has 14 heteroatoms. The van der Waals surface area contributed by atoms with E-state index in [4.69, 9.17) is 21.1 Å². The number of phenolic OH excluding ortho intramolecular Hbond substituents is 2. The highest BCUT2D eigenvalue weighted by Crippen LogP contribution is 2.40. The highest BCUT2D eigenvalue weighted by molar-refractivity contribution is 7.91. The van der Waals surface area contributed by atoms with Gasteiger partial charge in [-0.3, -0.25) is 0 Å². The molecule has 0 aliphatic rings. The Morgan fingerprint density at radius 2 is 0.909 bits per heavy atom. The number of hydrogen-bond acceptors (Lipinski definition) is 10. The van der Waals surface area contributed by atoms with E-state index in [9.17, 15) is 18.6 Å². The summed E-state index contributed by atoms with van der Waals surface area (Å²) < 4.78 is 38.3. The molecule has 336 valence electrons. The van der Waals surface area contributed by atoms with E-state index in [1.807, 2.05) is 114 Å². The van der Waals surface area contributed by atoms with Gasteiger partial charge in [-0.2, -0.15) is 0 Å². The van der Waals surface area contributed by atoms with Crippen molar-refractivity contribution in [1.82, 2.24) is 30.0 Å². The fraction of sp³-hybridized carbons (Fsp3) is 0.192. The Morgan fingerprint density at radius 1 is 0.500 bits per heavy atom. The second-order valence-corrected chi connectivity index (χ2v) is 20.2. The van der Waals surface area contributed by atoms with E-state index in [1.165, 1.54) is 21.7 Å². The zero-order chi connectivity index (χ0) is 46.8. The van der Waals surface area contributed by atoms with Gasteiger partial charge in [-0.05, 0) is 82.6 Å². The van der Waals surface area contributed by atoms with E-state index in [0.29, 0.717) is 68.7 Å². The highest BCUT2D eigenvalue weighted by Gasteiger charge is 2.26. The minimum absolute atomic E-state index is 0.0389. The van der Waals surface area contributed by atoms with E-state index in [-0.39, 0.29) is 32.1 Å². The Bertz CT molecular complexity index is 3270. The number of aromatic hydroxyl groups is 2. The molecule has 2 N–H and O–H groups in total. The lowest BCUT2D eigenvalue weighted by atomic mass is 9.86. The predicted molar refractivity (Wildman–Crippen MR) is 257 cm³/mol. The monoisotopic (exact) mass is 920 g/mol. The van der Waals surface area contributed by atoms with E-state index < -0.39 is 9.84 Å². The second kappa shape index (κ2) is 18.3. The summed E-state index contributed by atoms with van der Waals surface area (Å²) in [6, 6.07) is 45.1. The molecule has 0 spiro atoms. The van der Waals surface area contributed by atoms with Crippen molar-refractivity contribution in [3.05, 3.63) is 179 Å². The summed E-state index contributed by atoms with van der Waals surface area (Å²) in [5.74, 6) is 1.38. The van der Waals surface area contributed by atoms with Crippen LogP contribution in [-0.4, -0.2) is 48.6 Å². The third kappa shape index (κ3) is 10.0. The first-order valence-electron chi connectivity index (χ1n) is 21.2. The molecule has 0 amide bonds. The third-order valence-electron chi connectivity index (χ3n) is 10.7. The number of hydrogen-bond donors (Lipinski definition) is 2. The lowest BCUT2D eigenvalue weighted by molar-refractivity contribution is 0.304. The van der Waals surface area contributed by atoms with Crippen LogP contribution in [0.15, 0.2) is 161 Å². The molecular formula is C52H49ClN6O6S. The molecule has 7 aromatic carbocycles. The van der Waals surface area contributed by atoms with Crippen LogP contribution in [0.5, 0.6) is 23.0 Å². The molecule has 0 aliphatic carbocycles. The molecule has 0 radical (unpaired) electrons. The Balaban J connectivity index is 0.000000185. The van der Waals surface area contributed by atoms with Gasteiger partial charge in [-0.25, -0.2) is 8.42 Å². The van der Waals surface area contributed by atoms with Gasteiger partial charge in [0.05, 0.1) is 9.79 Å². The third-order valence-corrected chi connectivity index (χ3v) is 12.7. The van der Waals surface area contributed by atoms with Gasteiger partial charge >= 0.3 is 0 Å². The topological polar surface area (TPSA) is 154 Å². The van der Waals surface area contributed by atoms with Crippen LogP contribution in [0.4, 0.5) is 0 Å². The zero-order valence-electron chi connectivity index (χ0n) is 37.3. The average Bonchev–Trinajstić information content (AvgIpc) is 3.93. The summed E-state index contributed by atoms with van der Waals surface area (Å²) in [5.41, 5.74) is 5.91. The van der Waals surface area contributed by atoms with Gasteiger partial charge in [0.25, 0.3) is 0 Å². The van der Waals surface area contributed by atoms with Gasteiger partial charge in [-0.15, -0.1) is 30.0 Å². The summed E-state index contributed by atoms with van der Waals surface area (Å²) >= 11 is 6.07. The Hall–Kier alpha value is -7.22. The first kappa shape index (κ1) is 45.4. The number of aromatic nitrogens is 6. The molecule has 0 aliphatic heterocycles. The van der Waals surface area contributed by atoms with Crippen LogP contribution in [0.25, 0.3) is 33.4 Å². The lowest BCUT2D eigenvalue weighted by Crippen LogP contribution is -2.13. The minimum atomic E-state index is -3.71. The smallest absolute Gasteiger partial charge is 0.206 e. The number of nitrogens with zero attached hydrogens (tertiary/aromatic N) is 6. The molecule has 0 fully saturated rings. The van der Waals surface area contributed by atoms with Crippen molar-refractivity contribution in [1.29, 1.82) is 0 Å². The van der Waals surface area contributed by atoms with E-state index >= 15 is 0 Å². The van der Waals surface area contributed by atoms with Crippen LogP contribution in [-0.2, 0) is 33.9 Å². The number of phenols is 2. The standard InChI is InChI=1S/C29H27N3O4S.C23H22ClN3O2/c1-29(2,3)24-16-21(36-19-20-10-6-4-7-11-20)17-27(28(24)33)32-30-25-15-14-23(18-26(25)31-32)37(34,35)22-12-8-5-9-13-22;1-23(2,3)18-12-17(29-14-15-7-5-4-6-8-15)13-21(22(18)28)27-25-19-10-9-16(24)11-20(19)26-27/h4-18,33H,19H2,1-3H3;4-13,28H,14H2,1-3H3. The number of sulfone groups is 1. The van der Waals surface area contributed by atoms with Crippen molar-refractivity contribution in [2.45, 2.75) is 75.4 Å². The molecule has 0 saturated carbocycles. The van der Waals surface area contributed by atoms with Crippen LogP contribution in [0.1, 0.15) is 63.8 Å². The first-order chi connectivity index (χ1) is 31.4. The largest absolute Gasteiger partial charge is 0.505 e. The molecule has 2 aromatic heterocycles. The Kier molecular flexibility index (Phi) is 12.6. The van der Waals surface area contributed by atoms with Gasteiger partial charge in [0, 0.05) is 28.3 Å². The molecule has 12 nitrogen and oxygen atoms in total. The van der Waals surface area contributed by atoms with Crippen molar-refractivity contribution in [2.75, 3.05) is 0 Å². The number of benzene rings is 7. The van der Waals surface area contributed by atoms with Crippen LogP contribution in [0.2, 0.25) is 5.02 Å². The second-order valence-electron chi connectivity index (χ2n) is 17.8. The summed E-state index contributed by atoms with van der Waals surface area (Å²) in [4.78, 5) is 3.08. The molecule has 66 heavy (non-hydrogen) atoms. The van der Waals surface area contributed by atoms with Crippen molar-refractivity contribution in [3.8, 4) is 34.4 Å². The van der Waals surface area contributed by atoms with Crippen molar-refractivity contribution in [3.63, 3.8) is 0 Å². The maximum Gasteiger partial charge on any atom is 0.206 e. The number of fused-ring (bicyclic) bond motifs is 2. The predicted octanol–water partition coefficient (Wildman–Crippen LogP) is 11.5.